The molecule has 0 spiro atoms. The highest BCUT2D eigenvalue weighted by Crippen LogP contribution is 2.14. The van der Waals surface area contributed by atoms with Crippen LogP contribution in [-0.4, -0.2) is 41.0 Å². The maximum Gasteiger partial charge on any atom is 0.320 e. The van der Waals surface area contributed by atoms with Crippen molar-refractivity contribution in [2.45, 2.75) is 18.9 Å². The third-order valence-corrected chi connectivity index (χ3v) is 4.04. The van der Waals surface area contributed by atoms with E-state index in [0.29, 0.717) is 24.5 Å². The van der Waals surface area contributed by atoms with E-state index in [1.54, 1.807) is 18.3 Å². The molecule has 0 atom stereocenters. The van der Waals surface area contributed by atoms with Gasteiger partial charge in [0.2, 0.25) is 0 Å². The number of carbonyl (C=O) groups excluding carboxylic acids is 2. The predicted octanol–water partition coefficient (Wildman–Crippen LogP) is 2.51. The number of nitrogens with one attached hydrogen (secondary N) is 2. The first-order chi connectivity index (χ1) is 11.7. The van der Waals surface area contributed by atoms with Gasteiger partial charge in [0.15, 0.2) is 0 Å². The number of rotatable bonds is 3. The largest absolute Gasteiger partial charge is 0.338 e. The van der Waals surface area contributed by atoms with Crippen molar-refractivity contribution in [1.82, 2.24) is 15.2 Å². The summed E-state index contributed by atoms with van der Waals surface area (Å²) in [6.07, 6.45) is 3.12. The topological polar surface area (TPSA) is 74.3 Å². The van der Waals surface area contributed by atoms with Crippen LogP contribution in [0.1, 0.15) is 23.2 Å². The van der Waals surface area contributed by atoms with Crippen molar-refractivity contribution < 1.29 is 9.59 Å². The summed E-state index contributed by atoms with van der Waals surface area (Å²) in [7, 11) is 0. The number of amides is 3. The standard InChI is InChI=1S/C18H20N4O2/c23-17(14-6-2-1-3-7-14)22-12-9-15(10-13-22)20-18(24)21-16-8-4-5-11-19-16/h1-8,11,15H,9-10,12-13H2,(H2,19,20,21,24). The van der Waals surface area contributed by atoms with Crippen LogP contribution in [0.4, 0.5) is 10.6 Å². The van der Waals surface area contributed by atoms with Crippen LogP contribution in [0.2, 0.25) is 0 Å². The smallest absolute Gasteiger partial charge is 0.320 e. The second-order valence-corrected chi connectivity index (χ2v) is 5.75. The Balaban J connectivity index is 1.47. The van der Waals surface area contributed by atoms with Gasteiger partial charge in [-0.3, -0.25) is 10.1 Å². The van der Waals surface area contributed by atoms with E-state index < -0.39 is 0 Å². The van der Waals surface area contributed by atoms with Crippen LogP contribution in [0, 0.1) is 0 Å². The van der Waals surface area contributed by atoms with E-state index in [1.165, 1.54) is 0 Å². The van der Waals surface area contributed by atoms with E-state index in [1.807, 2.05) is 41.3 Å². The summed E-state index contributed by atoms with van der Waals surface area (Å²) >= 11 is 0. The highest BCUT2D eigenvalue weighted by Gasteiger charge is 2.24. The Morgan fingerprint density at radius 3 is 2.38 bits per heavy atom. The first-order valence-corrected chi connectivity index (χ1v) is 8.05. The highest BCUT2D eigenvalue weighted by atomic mass is 16.2. The van der Waals surface area contributed by atoms with Crippen LogP contribution in [0.25, 0.3) is 0 Å². The van der Waals surface area contributed by atoms with Gasteiger partial charge in [-0.2, -0.15) is 0 Å². The lowest BCUT2D eigenvalue weighted by Crippen LogP contribution is -2.47. The second kappa shape index (κ2) is 7.59. The van der Waals surface area contributed by atoms with Gasteiger partial charge in [-0.25, -0.2) is 9.78 Å². The fourth-order valence-electron chi connectivity index (χ4n) is 2.76. The van der Waals surface area contributed by atoms with E-state index in [4.69, 9.17) is 0 Å². The summed E-state index contributed by atoms with van der Waals surface area (Å²) < 4.78 is 0. The summed E-state index contributed by atoms with van der Waals surface area (Å²) in [5.41, 5.74) is 0.705. The molecule has 124 valence electrons. The average Bonchev–Trinajstić information content (AvgIpc) is 2.63. The molecule has 1 aromatic carbocycles. The van der Waals surface area contributed by atoms with Gasteiger partial charge in [-0.1, -0.05) is 24.3 Å². The Morgan fingerprint density at radius 2 is 1.71 bits per heavy atom. The molecule has 0 aliphatic carbocycles. The maximum atomic E-state index is 12.4. The van der Waals surface area contributed by atoms with Gasteiger partial charge in [-0.05, 0) is 37.1 Å². The van der Waals surface area contributed by atoms with Gasteiger partial charge in [0, 0.05) is 30.9 Å². The molecule has 1 aromatic heterocycles. The molecular weight excluding hydrogens is 304 g/mol. The molecular formula is C18H20N4O2. The third-order valence-electron chi connectivity index (χ3n) is 4.04. The highest BCUT2D eigenvalue weighted by molar-refractivity contribution is 5.94. The molecule has 0 saturated carbocycles. The minimum absolute atomic E-state index is 0.0481. The summed E-state index contributed by atoms with van der Waals surface area (Å²) in [6, 6.07) is 14.4. The molecule has 1 saturated heterocycles. The Morgan fingerprint density at radius 1 is 1.00 bits per heavy atom. The van der Waals surface area contributed by atoms with Crippen molar-refractivity contribution in [3.8, 4) is 0 Å². The number of nitrogens with zero attached hydrogens (tertiary/aromatic N) is 2. The number of urea groups is 1. The molecule has 6 nitrogen and oxygen atoms in total. The first kappa shape index (κ1) is 16.0. The van der Waals surface area contributed by atoms with Crippen molar-refractivity contribution in [1.29, 1.82) is 0 Å². The molecule has 24 heavy (non-hydrogen) atoms. The van der Waals surface area contributed by atoms with Crippen LogP contribution in [-0.2, 0) is 0 Å². The minimum atomic E-state index is -0.262. The number of carbonyl (C=O) groups is 2. The Hall–Kier alpha value is -2.89. The molecule has 2 heterocycles. The van der Waals surface area contributed by atoms with Crippen LogP contribution in [0.5, 0.6) is 0 Å². The number of pyridine rings is 1. The van der Waals surface area contributed by atoms with E-state index in [9.17, 15) is 9.59 Å². The lowest BCUT2D eigenvalue weighted by atomic mass is 10.0. The zero-order valence-electron chi connectivity index (χ0n) is 13.3. The van der Waals surface area contributed by atoms with E-state index in [-0.39, 0.29) is 18.0 Å². The summed E-state index contributed by atoms with van der Waals surface area (Å²) in [6.45, 7) is 1.28. The molecule has 2 aromatic rings. The summed E-state index contributed by atoms with van der Waals surface area (Å²) in [5, 5.41) is 5.65. The Labute approximate surface area is 140 Å². The molecule has 1 fully saturated rings. The Bertz CT molecular complexity index is 683. The molecule has 0 unspecified atom stereocenters. The van der Waals surface area contributed by atoms with Gasteiger partial charge >= 0.3 is 6.03 Å². The third kappa shape index (κ3) is 4.10. The number of hydrogen-bond acceptors (Lipinski definition) is 3. The molecule has 2 N–H and O–H groups in total. The number of benzene rings is 1. The van der Waals surface area contributed by atoms with Crippen LogP contribution < -0.4 is 10.6 Å². The molecule has 1 aliphatic heterocycles. The fraction of sp³-hybridized carbons (Fsp3) is 0.278. The van der Waals surface area contributed by atoms with Gasteiger partial charge in [0.05, 0.1) is 0 Å². The maximum absolute atomic E-state index is 12.4. The van der Waals surface area contributed by atoms with Crippen molar-refractivity contribution in [3.05, 3.63) is 60.3 Å². The van der Waals surface area contributed by atoms with Crippen molar-refractivity contribution >= 4 is 17.8 Å². The van der Waals surface area contributed by atoms with E-state index in [0.717, 1.165) is 12.8 Å². The number of aromatic nitrogens is 1. The summed E-state index contributed by atoms with van der Waals surface area (Å²) in [5.74, 6) is 0.568. The molecule has 6 heteroatoms. The number of piperidine rings is 1. The van der Waals surface area contributed by atoms with Gasteiger partial charge in [-0.15, -0.1) is 0 Å². The van der Waals surface area contributed by atoms with Crippen molar-refractivity contribution in [2.75, 3.05) is 18.4 Å². The summed E-state index contributed by atoms with van der Waals surface area (Å²) in [4.78, 5) is 30.3. The zero-order chi connectivity index (χ0) is 16.8. The lowest BCUT2D eigenvalue weighted by molar-refractivity contribution is 0.0709. The van der Waals surface area contributed by atoms with Gasteiger partial charge in [0.1, 0.15) is 5.82 Å². The Kier molecular flexibility index (Phi) is 5.05. The fourth-order valence-corrected chi connectivity index (χ4v) is 2.76. The van der Waals surface area contributed by atoms with Crippen molar-refractivity contribution in [2.24, 2.45) is 0 Å². The van der Waals surface area contributed by atoms with Gasteiger partial charge in [0.25, 0.3) is 5.91 Å². The van der Waals surface area contributed by atoms with Crippen LogP contribution in [0.3, 0.4) is 0 Å². The van der Waals surface area contributed by atoms with Crippen LogP contribution in [0.15, 0.2) is 54.7 Å². The second-order valence-electron chi connectivity index (χ2n) is 5.75. The number of hydrogen-bond donors (Lipinski definition) is 2. The van der Waals surface area contributed by atoms with E-state index in [2.05, 4.69) is 15.6 Å². The quantitative estimate of drug-likeness (QED) is 0.911. The molecule has 1 aliphatic rings. The minimum Gasteiger partial charge on any atom is -0.338 e. The van der Waals surface area contributed by atoms with Crippen LogP contribution >= 0.6 is 0 Å². The van der Waals surface area contributed by atoms with E-state index >= 15 is 0 Å². The van der Waals surface area contributed by atoms with Gasteiger partial charge < -0.3 is 10.2 Å². The van der Waals surface area contributed by atoms with Crippen molar-refractivity contribution in [3.63, 3.8) is 0 Å². The average molecular weight is 324 g/mol. The SMILES string of the molecule is O=C(Nc1ccccn1)NC1CCN(C(=O)c2ccccc2)CC1. The number of likely N-dealkylation sites (tertiary alicyclic amines) is 1. The zero-order valence-corrected chi connectivity index (χ0v) is 13.3. The molecule has 0 bridgehead atoms. The monoisotopic (exact) mass is 324 g/mol. The molecule has 0 radical (unpaired) electrons. The molecule has 3 rings (SSSR count). The normalized spacial score (nSPS) is 14.9. The molecule has 3 amide bonds. The number of anilines is 1. The predicted molar refractivity (Wildman–Crippen MR) is 91.8 cm³/mol. The first-order valence-electron chi connectivity index (χ1n) is 8.05. The lowest BCUT2D eigenvalue weighted by Gasteiger charge is -2.32.